The number of nitrogens with zero attached hydrogens (tertiary/aromatic N) is 2. The SMILES string of the molecule is CC1(C)c2cc3c(cc2-c2cc4c(cc21)-c1c(cc(N(c2ccccc2)c2cccc5c2oc2ccccc25)c2ccccc12)C4(C)C)C(C)(C)c1cc(N(c2ccccc2)c2cccc4c2oc2ccccc24)c2ccccc2c1-3. The Bertz CT molecular complexity index is 4720. The lowest BCUT2D eigenvalue weighted by Crippen LogP contribution is -2.18. The molecule has 0 atom stereocenters. The van der Waals surface area contributed by atoms with Crippen LogP contribution in [-0.4, -0.2) is 0 Å². The zero-order valence-electron chi connectivity index (χ0n) is 46.2. The highest BCUT2D eigenvalue weighted by atomic mass is 16.3. The van der Waals surface area contributed by atoms with E-state index in [-0.39, 0.29) is 16.2 Å². The Morgan fingerprint density at radius 1 is 0.259 bits per heavy atom. The zero-order valence-corrected chi connectivity index (χ0v) is 46.2. The molecular weight excluding hydrogens is 985 g/mol. The van der Waals surface area contributed by atoms with E-state index in [1.807, 2.05) is 0 Å². The number of anilines is 6. The lowest BCUT2D eigenvalue weighted by atomic mass is 9.78. The zero-order chi connectivity index (χ0) is 54.3. The molecule has 81 heavy (non-hydrogen) atoms. The van der Waals surface area contributed by atoms with Crippen LogP contribution < -0.4 is 9.80 Å². The summed E-state index contributed by atoms with van der Waals surface area (Å²) in [6.45, 7) is 14.7. The molecule has 4 nitrogen and oxygen atoms in total. The summed E-state index contributed by atoms with van der Waals surface area (Å²) in [6.07, 6.45) is 0. The summed E-state index contributed by atoms with van der Waals surface area (Å²) in [6, 6.07) is 85.0. The summed E-state index contributed by atoms with van der Waals surface area (Å²) < 4.78 is 13.6. The Hall–Kier alpha value is -9.64. The van der Waals surface area contributed by atoms with Crippen molar-refractivity contribution in [1.29, 1.82) is 0 Å². The summed E-state index contributed by atoms with van der Waals surface area (Å²) in [5, 5.41) is 9.37. The van der Waals surface area contributed by atoms with Crippen molar-refractivity contribution in [2.24, 2.45) is 0 Å². The number of furan rings is 2. The Morgan fingerprint density at radius 2 is 0.580 bits per heavy atom. The van der Waals surface area contributed by atoms with E-state index >= 15 is 0 Å². The molecule has 0 N–H and O–H groups in total. The van der Waals surface area contributed by atoms with Crippen LogP contribution in [0.3, 0.4) is 0 Å². The molecule has 0 aliphatic heterocycles. The van der Waals surface area contributed by atoms with Crippen molar-refractivity contribution in [3.8, 4) is 33.4 Å². The number of benzene rings is 12. The van der Waals surface area contributed by atoms with Gasteiger partial charge in [-0.05, 0) is 162 Å². The van der Waals surface area contributed by atoms with Gasteiger partial charge in [-0.3, -0.25) is 0 Å². The normalized spacial score (nSPS) is 14.8. The van der Waals surface area contributed by atoms with Gasteiger partial charge in [0.05, 0.1) is 22.7 Å². The van der Waals surface area contributed by atoms with Crippen LogP contribution in [0.2, 0.25) is 0 Å². The smallest absolute Gasteiger partial charge is 0.159 e. The Balaban J connectivity index is 0.834. The summed E-state index contributed by atoms with van der Waals surface area (Å²) >= 11 is 0. The van der Waals surface area contributed by atoms with Crippen LogP contribution in [0.4, 0.5) is 34.1 Å². The molecule has 4 heteroatoms. The fourth-order valence-corrected chi connectivity index (χ4v) is 15.0. The van der Waals surface area contributed by atoms with Crippen LogP contribution in [0.15, 0.2) is 239 Å². The molecule has 14 aromatic rings. The van der Waals surface area contributed by atoms with E-state index in [4.69, 9.17) is 8.83 Å². The van der Waals surface area contributed by atoms with E-state index in [1.165, 1.54) is 88.3 Å². The minimum absolute atomic E-state index is 0.273. The minimum atomic E-state index is -0.321. The van der Waals surface area contributed by atoms with Gasteiger partial charge in [-0.2, -0.15) is 0 Å². The van der Waals surface area contributed by atoms with Gasteiger partial charge in [0.25, 0.3) is 0 Å². The molecule has 2 aromatic heterocycles. The minimum Gasteiger partial charge on any atom is -0.454 e. The summed E-state index contributed by atoms with van der Waals surface area (Å²) in [5.41, 5.74) is 25.3. The van der Waals surface area contributed by atoms with Gasteiger partial charge >= 0.3 is 0 Å². The third-order valence-corrected chi connectivity index (χ3v) is 19.0. The molecular formula is C77H56N2O2. The van der Waals surface area contributed by atoms with Crippen molar-refractivity contribution in [3.63, 3.8) is 0 Å². The fourth-order valence-electron chi connectivity index (χ4n) is 15.0. The third-order valence-electron chi connectivity index (χ3n) is 19.0. The van der Waals surface area contributed by atoms with E-state index in [9.17, 15) is 0 Å². The predicted molar refractivity (Wildman–Crippen MR) is 338 cm³/mol. The molecule has 0 amide bonds. The van der Waals surface area contributed by atoms with Gasteiger partial charge < -0.3 is 18.6 Å². The molecule has 0 unspecified atom stereocenters. The van der Waals surface area contributed by atoms with E-state index in [0.29, 0.717) is 0 Å². The van der Waals surface area contributed by atoms with Crippen molar-refractivity contribution in [2.75, 3.05) is 9.80 Å². The molecule has 3 aliphatic rings. The second-order valence-electron chi connectivity index (χ2n) is 24.3. The molecule has 0 radical (unpaired) electrons. The molecule has 386 valence electrons. The van der Waals surface area contributed by atoms with Crippen LogP contribution in [-0.2, 0) is 16.2 Å². The van der Waals surface area contributed by atoms with Gasteiger partial charge in [0, 0.05) is 59.9 Å². The Labute approximate surface area is 470 Å². The van der Waals surface area contributed by atoms with Gasteiger partial charge in [-0.15, -0.1) is 0 Å². The van der Waals surface area contributed by atoms with Gasteiger partial charge in [-0.1, -0.05) is 187 Å². The molecule has 0 saturated heterocycles. The number of fused-ring (bicyclic) bond motifs is 19. The molecule has 0 fully saturated rings. The maximum absolute atomic E-state index is 6.80. The molecule has 12 aromatic carbocycles. The second kappa shape index (κ2) is 16.2. The highest BCUT2D eigenvalue weighted by Crippen LogP contribution is 2.63. The van der Waals surface area contributed by atoms with Crippen molar-refractivity contribution in [3.05, 3.63) is 264 Å². The van der Waals surface area contributed by atoms with Crippen molar-refractivity contribution < 1.29 is 8.83 Å². The molecule has 17 rings (SSSR count). The summed E-state index contributed by atoms with van der Waals surface area (Å²) in [7, 11) is 0. The van der Waals surface area contributed by atoms with Gasteiger partial charge in [-0.25, -0.2) is 0 Å². The lowest BCUT2D eigenvalue weighted by molar-refractivity contribution is 0.649. The molecule has 0 bridgehead atoms. The van der Waals surface area contributed by atoms with E-state index in [1.54, 1.807) is 0 Å². The second-order valence-corrected chi connectivity index (χ2v) is 24.3. The van der Waals surface area contributed by atoms with Crippen molar-refractivity contribution in [2.45, 2.75) is 57.8 Å². The molecule has 3 aliphatic carbocycles. The van der Waals surface area contributed by atoms with Crippen LogP contribution in [0, 0.1) is 0 Å². The molecule has 2 heterocycles. The fraction of sp³-hybridized carbons (Fsp3) is 0.117. The topological polar surface area (TPSA) is 32.8 Å². The maximum atomic E-state index is 6.80. The van der Waals surface area contributed by atoms with E-state index < -0.39 is 0 Å². The first kappa shape index (κ1) is 46.3. The molecule has 0 saturated carbocycles. The van der Waals surface area contributed by atoms with Gasteiger partial charge in [0.15, 0.2) is 11.2 Å². The molecule has 0 spiro atoms. The van der Waals surface area contributed by atoms with Gasteiger partial charge in [0.2, 0.25) is 0 Å². The monoisotopic (exact) mass is 1040 g/mol. The standard InChI is InChI=1S/C77H56N2O2/c1-75(2)59-41-57-61(76(3,4)63-43-67(47-27-13-15-31-51(47)71(57)63)78(45-23-9-7-10-24-45)65-35-21-33-53-49-29-17-19-37-69(49)80-73(53)65)39-55(59)56-40-62-58(42-60(56)75)72-52-32-16-14-28-48(52)68(44-64(72)77(62,5)6)79(46-25-11-8-12-26-46)66-36-22-34-54-50-30-18-20-38-70(50)81-74(54)66/h7-44H,1-6H3. The average molecular weight is 1040 g/mol. The lowest BCUT2D eigenvalue weighted by Gasteiger charge is -2.30. The van der Waals surface area contributed by atoms with Crippen LogP contribution in [0.25, 0.3) is 98.8 Å². The Morgan fingerprint density at radius 3 is 1.00 bits per heavy atom. The summed E-state index contributed by atoms with van der Waals surface area (Å²) in [4.78, 5) is 4.86. The first-order valence-corrected chi connectivity index (χ1v) is 28.5. The quantitative estimate of drug-likeness (QED) is 0.166. The predicted octanol–water partition coefficient (Wildman–Crippen LogP) is 21.7. The maximum Gasteiger partial charge on any atom is 0.159 e. The van der Waals surface area contributed by atoms with E-state index in [0.717, 1.165) is 78.0 Å². The highest BCUT2D eigenvalue weighted by molar-refractivity contribution is 6.17. The van der Waals surface area contributed by atoms with Crippen molar-refractivity contribution in [1.82, 2.24) is 0 Å². The van der Waals surface area contributed by atoms with Crippen LogP contribution >= 0.6 is 0 Å². The number of hydrogen-bond acceptors (Lipinski definition) is 4. The van der Waals surface area contributed by atoms with Crippen LogP contribution in [0.1, 0.15) is 74.9 Å². The Kier molecular flexibility index (Phi) is 9.28. The first-order valence-electron chi connectivity index (χ1n) is 28.5. The average Bonchev–Trinajstić information content (AvgIpc) is 2.93. The van der Waals surface area contributed by atoms with Crippen LogP contribution in [0.5, 0.6) is 0 Å². The summed E-state index contributed by atoms with van der Waals surface area (Å²) in [5.74, 6) is 0. The first-order chi connectivity index (χ1) is 39.5. The number of rotatable bonds is 6. The number of hydrogen-bond donors (Lipinski definition) is 0. The largest absolute Gasteiger partial charge is 0.454 e. The number of para-hydroxylation sites is 6. The van der Waals surface area contributed by atoms with E-state index in [2.05, 4.69) is 282 Å². The van der Waals surface area contributed by atoms with Crippen molar-refractivity contribution >= 4 is 99.5 Å². The highest BCUT2D eigenvalue weighted by Gasteiger charge is 2.46. The van der Waals surface area contributed by atoms with Gasteiger partial charge in [0.1, 0.15) is 11.2 Å². The third kappa shape index (κ3) is 6.20.